The average Bonchev–Trinajstić information content (AvgIpc) is 2.41. The highest BCUT2D eigenvalue weighted by Gasteiger charge is 2.21. The summed E-state index contributed by atoms with van der Waals surface area (Å²) in [5.41, 5.74) is 0.982. The second-order valence-corrected chi connectivity index (χ2v) is 4.29. The van der Waals surface area contributed by atoms with Crippen LogP contribution in [0.4, 0.5) is 4.79 Å². The zero-order chi connectivity index (χ0) is 13.0. The molecule has 98 valence electrons. The normalized spacial score (nSPS) is 16.6. The maximum absolute atomic E-state index is 11.3. The Balaban J connectivity index is 1.85. The lowest BCUT2D eigenvalue weighted by Crippen LogP contribution is -2.48. The fourth-order valence-corrected chi connectivity index (χ4v) is 2.02. The molecule has 1 N–H and O–H groups in total. The van der Waals surface area contributed by atoms with Gasteiger partial charge in [0.15, 0.2) is 0 Å². The average molecular weight is 251 g/mol. The summed E-state index contributed by atoms with van der Waals surface area (Å²) < 4.78 is 4.69. The van der Waals surface area contributed by atoms with E-state index in [1.165, 1.54) is 13.2 Å². The van der Waals surface area contributed by atoms with E-state index in [0.29, 0.717) is 13.1 Å². The zero-order valence-electron chi connectivity index (χ0n) is 10.4. The van der Waals surface area contributed by atoms with Crippen LogP contribution in [0.3, 0.4) is 0 Å². The van der Waals surface area contributed by atoms with E-state index < -0.39 is 0 Å². The van der Waals surface area contributed by atoms with Gasteiger partial charge in [-0.3, -0.25) is 9.69 Å². The molecule has 0 aromatic carbocycles. The Morgan fingerprint density at radius 1 is 1.33 bits per heavy atom. The maximum atomic E-state index is 11.3. The van der Waals surface area contributed by atoms with Crippen molar-refractivity contribution in [2.45, 2.75) is 6.54 Å². The maximum Gasteiger partial charge on any atom is 0.409 e. The first-order chi connectivity index (χ1) is 8.69. The Kier molecular flexibility index (Phi) is 3.99. The number of hydrogen-bond donors (Lipinski definition) is 1. The minimum Gasteiger partial charge on any atom is -0.453 e. The summed E-state index contributed by atoms with van der Waals surface area (Å²) in [6, 6.07) is 3.35. The van der Waals surface area contributed by atoms with Crippen LogP contribution in [0.1, 0.15) is 5.56 Å². The molecular formula is C12H17N3O3. The highest BCUT2D eigenvalue weighted by atomic mass is 16.5. The number of hydrogen-bond acceptors (Lipinski definition) is 4. The highest BCUT2D eigenvalue weighted by Crippen LogP contribution is 2.07. The molecule has 1 aliphatic rings. The topological polar surface area (TPSA) is 65.6 Å². The summed E-state index contributed by atoms with van der Waals surface area (Å²) in [5.74, 6) is 0. The van der Waals surface area contributed by atoms with Crippen molar-refractivity contribution >= 4 is 6.09 Å². The number of nitrogens with zero attached hydrogens (tertiary/aromatic N) is 2. The summed E-state index contributed by atoms with van der Waals surface area (Å²) in [6.45, 7) is 3.76. The highest BCUT2D eigenvalue weighted by molar-refractivity contribution is 5.67. The quantitative estimate of drug-likeness (QED) is 0.818. The van der Waals surface area contributed by atoms with Gasteiger partial charge in [0, 0.05) is 45.0 Å². The molecule has 0 unspecified atom stereocenters. The largest absolute Gasteiger partial charge is 0.453 e. The first-order valence-electron chi connectivity index (χ1n) is 5.92. The van der Waals surface area contributed by atoms with Gasteiger partial charge in [0.25, 0.3) is 0 Å². The number of carbonyl (C=O) groups is 1. The van der Waals surface area contributed by atoms with Crippen LogP contribution in [-0.4, -0.2) is 54.2 Å². The van der Waals surface area contributed by atoms with Gasteiger partial charge < -0.3 is 14.6 Å². The van der Waals surface area contributed by atoms with Crippen LogP contribution in [0.2, 0.25) is 0 Å². The summed E-state index contributed by atoms with van der Waals surface area (Å²) in [7, 11) is 1.40. The van der Waals surface area contributed by atoms with Crippen LogP contribution >= 0.6 is 0 Å². The number of rotatable bonds is 2. The minimum absolute atomic E-state index is 0.0886. The van der Waals surface area contributed by atoms with E-state index >= 15 is 0 Å². The predicted molar refractivity (Wildman–Crippen MR) is 66.3 cm³/mol. The molecule has 2 heterocycles. The van der Waals surface area contributed by atoms with Crippen molar-refractivity contribution in [2.24, 2.45) is 0 Å². The molecular weight excluding hydrogens is 234 g/mol. The Bertz CT molecular complexity index is 443. The van der Waals surface area contributed by atoms with E-state index in [-0.39, 0.29) is 11.7 Å². The smallest absolute Gasteiger partial charge is 0.409 e. The van der Waals surface area contributed by atoms with Crippen molar-refractivity contribution in [3.8, 4) is 0 Å². The monoisotopic (exact) mass is 251 g/mol. The molecule has 1 saturated heterocycles. The number of ether oxygens (including phenoxy) is 1. The van der Waals surface area contributed by atoms with Crippen LogP contribution in [0.5, 0.6) is 0 Å². The molecule has 0 aliphatic carbocycles. The SMILES string of the molecule is COC(=O)N1CCN(Cc2ccc(=O)[nH]c2)CC1. The first kappa shape index (κ1) is 12.6. The number of aromatic amines is 1. The van der Waals surface area contributed by atoms with Gasteiger partial charge in [-0.25, -0.2) is 4.79 Å². The number of methoxy groups -OCH3 is 1. The van der Waals surface area contributed by atoms with Crippen molar-refractivity contribution in [3.05, 3.63) is 34.2 Å². The number of H-pyrrole nitrogens is 1. The van der Waals surface area contributed by atoms with E-state index in [9.17, 15) is 9.59 Å². The second kappa shape index (κ2) is 5.68. The molecule has 0 atom stereocenters. The molecule has 0 bridgehead atoms. The third-order valence-corrected chi connectivity index (χ3v) is 3.06. The van der Waals surface area contributed by atoms with Crippen molar-refractivity contribution in [1.82, 2.24) is 14.8 Å². The fourth-order valence-electron chi connectivity index (χ4n) is 2.02. The fraction of sp³-hybridized carbons (Fsp3) is 0.500. The number of carbonyl (C=O) groups excluding carboxylic acids is 1. The van der Waals surface area contributed by atoms with Gasteiger partial charge >= 0.3 is 6.09 Å². The van der Waals surface area contributed by atoms with Gasteiger partial charge in [-0.15, -0.1) is 0 Å². The van der Waals surface area contributed by atoms with E-state index in [1.807, 2.05) is 6.07 Å². The van der Waals surface area contributed by atoms with Crippen molar-refractivity contribution in [3.63, 3.8) is 0 Å². The second-order valence-electron chi connectivity index (χ2n) is 4.29. The van der Waals surface area contributed by atoms with Crippen LogP contribution in [0, 0.1) is 0 Å². The summed E-state index contributed by atoms with van der Waals surface area (Å²) in [5, 5.41) is 0. The van der Waals surface area contributed by atoms with Gasteiger partial charge in [0.05, 0.1) is 7.11 Å². The third-order valence-electron chi connectivity index (χ3n) is 3.06. The van der Waals surface area contributed by atoms with E-state index in [1.54, 1.807) is 11.1 Å². The molecule has 1 aliphatic heterocycles. The van der Waals surface area contributed by atoms with Crippen LogP contribution in [0.25, 0.3) is 0 Å². The standard InChI is InChI=1S/C12H17N3O3/c1-18-12(17)15-6-4-14(5-7-15)9-10-2-3-11(16)13-8-10/h2-3,8H,4-7,9H2,1H3,(H,13,16). The number of amides is 1. The third kappa shape index (κ3) is 3.10. The molecule has 0 radical (unpaired) electrons. The van der Waals surface area contributed by atoms with Crippen molar-refractivity contribution in [2.75, 3.05) is 33.3 Å². The van der Waals surface area contributed by atoms with Gasteiger partial charge in [-0.1, -0.05) is 6.07 Å². The van der Waals surface area contributed by atoms with Crippen LogP contribution in [-0.2, 0) is 11.3 Å². The Morgan fingerprint density at radius 3 is 2.61 bits per heavy atom. The van der Waals surface area contributed by atoms with Gasteiger partial charge in [0.1, 0.15) is 0 Å². The number of piperazine rings is 1. The number of aromatic nitrogens is 1. The molecule has 0 spiro atoms. The minimum atomic E-state index is -0.265. The molecule has 0 saturated carbocycles. The lowest BCUT2D eigenvalue weighted by Gasteiger charge is -2.33. The van der Waals surface area contributed by atoms with E-state index in [0.717, 1.165) is 25.2 Å². The van der Waals surface area contributed by atoms with Crippen LogP contribution < -0.4 is 5.56 Å². The molecule has 2 rings (SSSR count). The molecule has 1 aromatic heterocycles. The number of pyridine rings is 1. The Hall–Kier alpha value is -1.82. The molecule has 1 amide bonds. The zero-order valence-corrected chi connectivity index (χ0v) is 10.4. The van der Waals surface area contributed by atoms with Gasteiger partial charge in [0.2, 0.25) is 5.56 Å². The summed E-state index contributed by atoms with van der Waals surface area (Å²) in [6.07, 6.45) is 1.47. The number of nitrogens with one attached hydrogen (secondary N) is 1. The Labute approximate surface area is 105 Å². The Morgan fingerprint density at radius 2 is 2.06 bits per heavy atom. The van der Waals surface area contributed by atoms with Crippen LogP contribution in [0.15, 0.2) is 23.1 Å². The summed E-state index contributed by atoms with van der Waals surface area (Å²) >= 11 is 0. The lowest BCUT2D eigenvalue weighted by atomic mass is 10.2. The molecule has 6 heteroatoms. The predicted octanol–water partition coefficient (Wildman–Crippen LogP) is 0.259. The lowest BCUT2D eigenvalue weighted by molar-refractivity contribution is 0.0888. The van der Waals surface area contributed by atoms with Crippen molar-refractivity contribution in [1.29, 1.82) is 0 Å². The molecule has 1 aromatic rings. The van der Waals surface area contributed by atoms with Gasteiger partial charge in [-0.2, -0.15) is 0 Å². The van der Waals surface area contributed by atoms with Gasteiger partial charge in [-0.05, 0) is 5.56 Å². The first-order valence-corrected chi connectivity index (χ1v) is 5.92. The van der Waals surface area contributed by atoms with Crippen molar-refractivity contribution < 1.29 is 9.53 Å². The van der Waals surface area contributed by atoms with E-state index in [2.05, 4.69) is 14.6 Å². The molecule has 18 heavy (non-hydrogen) atoms. The molecule has 1 fully saturated rings. The summed E-state index contributed by atoms with van der Waals surface area (Å²) in [4.78, 5) is 28.9. The van der Waals surface area contributed by atoms with E-state index in [4.69, 9.17) is 0 Å². The molecule has 6 nitrogen and oxygen atoms in total.